The summed E-state index contributed by atoms with van der Waals surface area (Å²) in [5.74, 6) is -1.92. The molecule has 1 atom stereocenters. The molecule has 6 heteroatoms. The summed E-state index contributed by atoms with van der Waals surface area (Å²) in [6.07, 6.45) is -1.32. The third kappa shape index (κ3) is 2.68. The smallest absolute Gasteiger partial charge is 0.318 e. The van der Waals surface area contributed by atoms with E-state index in [0.29, 0.717) is 0 Å². The van der Waals surface area contributed by atoms with Crippen molar-refractivity contribution in [1.82, 2.24) is 4.90 Å². The molecule has 1 saturated heterocycles. The van der Waals surface area contributed by atoms with Crippen LogP contribution in [0.2, 0.25) is 0 Å². The molecule has 0 bridgehead atoms. The predicted octanol–water partition coefficient (Wildman–Crippen LogP) is -1.22. The number of hydrogen-bond acceptors (Lipinski definition) is 5. The molecule has 1 unspecified atom stereocenters. The summed E-state index contributed by atoms with van der Waals surface area (Å²) in [5.41, 5.74) is 0. The molecule has 6 nitrogen and oxygen atoms in total. The Balaban J connectivity index is 2.65. The topological polar surface area (TPSA) is 86.7 Å². The van der Waals surface area contributed by atoms with E-state index in [1.165, 1.54) is 0 Å². The number of esters is 1. The molecule has 0 saturated carbocycles. The Morgan fingerprint density at radius 2 is 2.27 bits per heavy atom. The van der Waals surface area contributed by atoms with Crippen LogP contribution in [-0.4, -0.2) is 42.4 Å². The van der Waals surface area contributed by atoms with Crippen molar-refractivity contribution >= 4 is 17.8 Å². The zero-order chi connectivity index (χ0) is 11.4. The Morgan fingerprint density at radius 3 is 2.80 bits per heavy atom. The van der Waals surface area contributed by atoms with E-state index < -0.39 is 18.0 Å². The summed E-state index contributed by atoms with van der Waals surface area (Å²) < 4.78 is 4.68. The maximum absolute atomic E-state index is 11.3. The van der Waals surface area contributed by atoms with Crippen molar-refractivity contribution < 1.29 is 24.2 Å². The van der Waals surface area contributed by atoms with Crippen LogP contribution in [-0.2, 0) is 14.3 Å². The first kappa shape index (κ1) is 11.5. The van der Waals surface area contributed by atoms with Gasteiger partial charge in [-0.2, -0.15) is 0 Å². The molecule has 1 amide bonds. The second-order valence-corrected chi connectivity index (χ2v) is 3.23. The number of carbonyl (C=O) groups is 3. The molecule has 0 aromatic rings. The number of amides is 1. The van der Waals surface area contributed by atoms with Gasteiger partial charge in [0.1, 0.15) is 12.0 Å². The number of nitrogens with zero attached hydrogens (tertiary/aromatic N) is 1. The van der Waals surface area contributed by atoms with Crippen molar-refractivity contribution in [3.63, 3.8) is 0 Å². The van der Waals surface area contributed by atoms with Gasteiger partial charge in [-0.15, -0.1) is 0 Å². The normalized spacial score (nSPS) is 21.3. The van der Waals surface area contributed by atoms with Crippen LogP contribution in [0, 0.1) is 5.92 Å². The quantitative estimate of drug-likeness (QED) is 0.425. The molecule has 1 aliphatic heterocycles. The van der Waals surface area contributed by atoms with Crippen LogP contribution in [0.3, 0.4) is 0 Å². The molecule has 15 heavy (non-hydrogen) atoms. The largest absolute Gasteiger partial charge is 0.530 e. The Bertz CT molecular complexity index is 288. The zero-order valence-electron chi connectivity index (χ0n) is 8.39. The minimum Gasteiger partial charge on any atom is -0.530 e. The van der Waals surface area contributed by atoms with Gasteiger partial charge in [0.15, 0.2) is 5.78 Å². The molecule has 84 valence electrons. The highest BCUT2D eigenvalue weighted by Gasteiger charge is 2.33. The van der Waals surface area contributed by atoms with Crippen LogP contribution in [0.25, 0.3) is 0 Å². The lowest BCUT2D eigenvalue weighted by atomic mass is 9.97. The lowest BCUT2D eigenvalue weighted by Gasteiger charge is -2.32. The number of hydrogen-bond donors (Lipinski definition) is 0. The van der Waals surface area contributed by atoms with E-state index in [4.69, 9.17) is 0 Å². The fourth-order valence-corrected chi connectivity index (χ4v) is 1.45. The molecular formula is C9H12NO5-. The fourth-order valence-electron chi connectivity index (χ4n) is 1.45. The van der Waals surface area contributed by atoms with Gasteiger partial charge in [0.05, 0.1) is 6.61 Å². The molecule has 0 spiro atoms. The van der Waals surface area contributed by atoms with Gasteiger partial charge in [0.2, 0.25) is 0 Å². The number of likely N-dealkylation sites (tertiary alicyclic amines) is 1. The summed E-state index contributed by atoms with van der Waals surface area (Å²) in [6, 6.07) is 0. The van der Waals surface area contributed by atoms with Crippen molar-refractivity contribution in [1.29, 1.82) is 0 Å². The van der Waals surface area contributed by atoms with E-state index in [-0.39, 0.29) is 31.9 Å². The molecule has 1 rings (SSSR count). The molecular weight excluding hydrogens is 202 g/mol. The summed E-state index contributed by atoms with van der Waals surface area (Å²) in [6.45, 7) is 1.74. The number of rotatable bonds is 2. The third-order valence-corrected chi connectivity index (χ3v) is 2.25. The molecule has 0 aromatic heterocycles. The third-order valence-electron chi connectivity index (χ3n) is 2.25. The van der Waals surface area contributed by atoms with Gasteiger partial charge < -0.3 is 19.5 Å². The number of ketones is 1. The van der Waals surface area contributed by atoms with E-state index in [1.54, 1.807) is 6.92 Å². The standard InChI is InChI=1S/C9H13NO5/c1-2-15-8(12)6-5-10(9(13)14)4-3-7(6)11/h6H,2-5H2,1H3,(H,13,14)/p-1. The summed E-state index contributed by atoms with van der Waals surface area (Å²) in [7, 11) is 0. The van der Waals surface area contributed by atoms with Crippen LogP contribution in [0.5, 0.6) is 0 Å². The Labute approximate surface area is 86.8 Å². The first-order chi connectivity index (χ1) is 7.06. The van der Waals surface area contributed by atoms with E-state index in [0.717, 1.165) is 4.90 Å². The highest BCUT2D eigenvalue weighted by atomic mass is 16.5. The molecule has 0 N–H and O–H groups in total. The molecule has 1 fully saturated rings. The predicted molar refractivity (Wildman–Crippen MR) is 46.7 cm³/mol. The van der Waals surface area contributed by atoms with Crippen LogP contribution in [0.15, 0.2) is 0 Å². The summed E-state index contributed by atoms with van der Waals surface area (Å²) in [5, 5.41) is 10.5. The second kappa shape index (κ2) is 4.77. The Morgan fingerprint density at radius 1 is 1.60 bits per heavy atom. The van der Waals surface area contributed by atoms with Gasteiger partial charge in [0.25, 0.3) is 0 Å². The van der Waals surface area contributed by atoms with E-state index in [9.17, 15) is 19.5 Å². The Hall–Kier alpha value is -1.59. The zero-order valence-corrected chi connectivity index (χ0v) is 8.39. The highest BCUT2D eigenvalue weighted by molar-refractivity contribution is 6.00. The molecule has 0 aliphatic carbocycles. The first-order valence-corrected chi connectivity index (χ1v) is 4.71. The molecule has 1 heterocycles. The van der Waals surface area contributed by atoms with Crippen molar-refractivity contribution in [2.45, 2.75) is 13.3 Å². The maximum atomic E-state index is 11.3. The lowest BCUT2D eigenvalue weighted by Crippen LogP contribution is -2.51. The average Bonchev–Trinajstić information content (AvgIpc) is 2.18. The minimum atomic E-state index is -1.36. The second-order valence-electron chi connectivity index (χ2n) is 3.23. The van der Waals surface area contributed by atoms with Gasteiger partial charge in [-0.3, -0.25) is 9.59 Å². The number of carboxylic acid groups (broad SMARTS) is 1. The van der Waals surface area contributed by atoms with Crippen LogP contribution in [0.4, 0.5) is 4.79 Å². The van der Waals surface area contributed by atoms with Crippen molar-refractivity contribution in [3.8, 4) is 0 Å². The van der Waals surface area contributed by atoms with Crippen molar-refractivity contribution in [3.05, 3.63) is 0 Å². The highest BCUT2D eigenvalue weighted by Crippen LogP contribution is 2.14. The number of ether oxygens (including phenoxy) is 1. The summed E-state index contributed by atoms with van der Waals surface area (Å²) >= 11 is 0. The lowest BCUT2D eigenvalue weighted by molar-refractivity contribution is -0.266. The van der Waals surface area contributed by atoms with Gasteiger partial charge >= 0.3 is 5.97 Å². The minimum absolute atomic E-state index is 0.0391. The van der Waals surface area contributed by atoms with Gasteiger partial charge in [-0.25, -0.2) is 0 Å². The average molecular weight is 214 g/mol. The van der Waals surface area contributed by atoms with Crippen molar-refractivity contribution in [2.24, 2.45) is 5.92 Å². The molecule has 1 aliphatic rings. The van der Waals surface area contributed by atoms with Gasteiger partial charge in [-0.05, 0) is 6.92 Å². The van der Waals surface area contributed by atoms with Crippen LogP contribution in [0.1, 0.15) is 13.3 Å². The number of piperidine rings is 1. The Kier molecular flexibility index (Phi) is 3.65. The monoisotopic (exact) mass is 214 g/mol. The van der Waals surface area contributed by atoms with E-state index >= 15 is 0 Å². The van der Waals surface area contributed by atoms with Crippen LogP contribution >= 0.6 is 0 Å². The van der Waals surface area contributed by atoms with Gasteiger partial charge in [0, 0.05) is 19.5 Å². The number of carbonyl (C=O) groups excluding carboxylic acids is 3. The molecule has 0 aromatic carbocycles. The maximum Gasteiger partial charge on any atom is 0.318 e. The SMILES string of the molecule is CCOC(=O)C1CN(C(=O)[O-])CCC1=O. The fraction of sp³-hybridized carbons (Fsp3) is 0.667. The van der Waals surface area contributed by atoms with E-state index in [1.807, 2.05) is 0 Å². The van der Waals surface area contributed by atoms with Crippen molar-refractivity contribution in [2.75, 3.05) is 19.7 Å². The van der Waals surface area contributed by atoms with E-state index in [2.05, 4.69) is 4.74 Å². The summed E-state index contributed by atoms with van der Waals surface area (Å²) in [4.78, 5) is 34.1. The van der Waals surface area contributed by atoms with Gasteiger partial charge in [-0.1, -0.05) is 0 Å². The van der Waals surface area contributed by atoms with Crippen LogP contribution < -0.4 is 5.11 Å². The molecule has 0 radical (unpaired) electrons. The first-order valence-electron chi connectivity index (χ1n) is 4.71. The number of Topliss-reactive ketones (excluding diaryl/α,β-unsaturated/α-hetero) is 1.